The molecule has 3 aromatic rings. The molecule has 3 heterocycles. The van der Waals surface area contributed by atoms with E-state index < -0.39 is 6.04 Å². The Morgan fingerprint density at radius 2 is 1.69 bits per heavy atom. The van der Waals surface area contributed by atoms with Crippen LogP contribution in [0.2, 0.25) is 0 Å². The molecule has 0 radical (unpaired) electrons. The van der Waals surface area contributed by atoms with Crippen LogP contribution in [0.3, 0.4) is 0 Å². The maximum Gasteiger partial charge on any atom is 0.261 e. The summed E-state index contributed by atoms with van der Waals surface area (Å²) in [6.45, 7) is 2.96. The molecule has 0 aliphatic carbocycles. The van der Waals surface area contributed by atoms with Crippen molar-refractivity contribution in [2.45, 2.75) is 43.4 Å². The summed E-state index contributed by atoms with van der Waals surface area (Å²) in [7, 11) is 3.13. The van der Waals surface area contributed by atoms with Crippen molar-refractivity contribution in [1.29, 1.82) is 0 Å². The summed E-state index contributed by atoms with van der Waals surface area (Å²) in [6, 6.07) is 20.0. The van der Waals surface area contributed by atoms with E-state index >= 15 is 0 Å². The number of hydrogen-bond acceptors (Lipinski definition) is 4. The van der Waals surface area contributed by atoms with Gasteiger partial charge in [-0.1, -0.05) is 48.5 Å². The minimum Gasteiger partial charge on any atom is -0.299 e. The first-order chi connectivity index (χ1) is 17.4. The van der Waals surface area contributed by atoms with Gasteiger partial charge in [-0.05, 0) is 61.0 Å². The van der Waals surface area contributed by atoms with E-state index in [1.807, 2.05) is 18.2 Å². The van der Waals surface area contributed by atoms with E-state index in [1.54, 1.807) is 27.8 Å². The topological polar surface area (TPSA) is 60.9 Å². The number of hydrogen-bond donors (Lipinski definition) is 0. The molecule has 0 spiro atoms. The molecule has 2 unspecified atom stereocenters. The Bertz CT molecular complexity index is 1390. The fourth-order valence-corrected chi connectivity index (χ4v) is 7.02. The van der Waals surface area contributed by atoms with Gasteiger partial charge < -0.3 is 0 Å². The first-order valence-corrected chi connectivity index (χ1v) is 13.9. The first kappa shape index (κ1) is 24.0. The van der Waals surface area contributed by atoms with Gasteiger partial charge >= 0.3 is 0 Å². The number of imide groups is 1. The summed E-state index contributed by atoms with van der Waals surface area (Å²) in [5, 5.41) is 1.93. The number of halogens is 1. The summed E-state index contributed by atoms with van der Waals surface area (Å²) in [4.78, 5) is 42.7. The van der Waals surface area contributed by atoms with Gasteiger partial charge in [-0.15, -0.1) is 9.24 Å². The van der Waals surface area contributed by atoms with Gasteiger partial charge in [0, 0.05) is 29.1 Å². The quantitative estimate of drug-likeness (QED) is 0.180. The summed E-state index contributed by atoms with van der Waals surface area (Å²) in [6.07, 6.45) is 2.63. The molecule has 0 N–H and O–H groups in total. The van der Waals surface area contributed by atoms with Crippen LogP contribution in [0.1, 0.15) is 47.2 Å². The molecule has 6 nitrogen and oxygen atoms in total. The Morgan fingerprint density at radius 3 is 2.44 bits per heavy atom. The normalized spacial score (nSPS) is 22.1. The lowest BCUT2D eigenvalue weighted by Gasteiger charge is -2.40. The molecule has 36 heavy (non-hydrogen) atoms. The number of carbonyl (C=O) groups excluding carboxylic acids is 3. The third-order valence-corrected chi connectivity index (χ3v) is 9.80. The van der Waals surface area contributed by atoms with Gasteiger partial charge in [0.15, 0.2) is 0 Å². The summed E-state index contributed by atoms with van der Waals surface area (Å²) in [5.41, 5.74) is 4.00. The predicted molar refractivity (Wildman–Crippen MR) is 152 cm³/mol. The Balaban J connectivity index is 1.31. The molecule has 0 saturated carbocycles. The van der Waals surface area contributed by atoms with E-state index in [4.69, 9.17) is 0 Å². The van der Waals surface area contributed by atoms with Crippen LogP contribution < -0.4 is 4.90 Å². The zero-order chi connectivity index (χ0) is 25.0. The summed E-state index contributed by atoms with van der Waals surface area (Å²) < 4.78 is 1.13. The third-order valence-electron chi connectivity index (χ3n) is 7.90. The lowest BCUT2D eigenvalue weighted by atomic mass is 9.84. The van der Waals surface area contributed by atoms with E-state index in [1.165, 1.54) is 11.1 Å². The fourth-order valence-electron chi connectivity index (χ4n) is 5.95. The Kier molecular flexibility index (Phi) is 6.13. The number of anilines is 1. The van der Waals surface area contributed by atoms with Crippen molar-refractivity contribution in [1.82, 2.24) is 8.01 Å². The molecule has 3 aliphatic heterocycles. The van der Waals surface area contributed by atoms with Crippen LogP contribution in [0.5, 0.6) is 0 Å². The molecule has 3 amide bonds. The third kappa shape index (κ3) is 3.87. The average molecular weight is 611 g/mol. The standard InChI is InChI=1S/C28H27IN3O3P/c29-32-24(33)12-11-23(27(32)35)31-22-8-4-7-19-21(10-9-20(25(19)22)26(31)34)28(36)13-15-30(16-14-28)17-18-5-2-1-3-6-18/h1-10,23H,11-17,36H2. The summed E-state index contributed by atoms with van der Waals surface area (Å²) >= 11 is 1.76. The van der Waals surface area contributed by atoms with E-state index in [2.05, 4.69) is 56.6 Å². The van der Waals surface area contributed by atoms with Crippen molar-refractivity contribution in [2.24, 2.45) is 0 Å². The van der Waals surface area contributed by atoms with Crippen LogP contribution in [0.25, 0.3) is 10.8 Å². The van der Waals surface area contributed by atoms with Crippen LogP contribution in [-0.4, -0.2) is 44.9 Å². The minimum absolute atomic E-state index is 0.0765. The maximum atomic E-state index is 13.6. The van der Waals surface area contributed by atoms with Crippen LogP contribution in [-0.2, 0) is 21.3 Å². The number of nitrogens with zero attached hydrogens (tertiary/aromatic N) is 3. The Labute approximate surface area is 226 Å². The number of benzene rings is 3. The number of amides is 3. The molecular formula is C28H27IN3O3P. The monoisotopic (exact) mass is 611 g/mol. The fraction of sp³-hybridized carbons (Fsp3) is 0.321. The van der Waals surface area contributed by atoms with Crippen LogP contribution >= 0.6 is 32.1 Å². The molecule has 0 bridgehead atoms. The highest BCUT2D eigenvalue weighted by molar-refractivity contribution is 14.1. The summed E-state index contributed by atoms with van der Waals surface area (Å²) in [5.74, 6) is -0.677. The molecule has 0 aromatic heterocycles. The Morgan fingerprint density at radius 1 is 0.944 bits per heavy atom. The van der Waals surface area contributed by atoms with Crippen molar-refractivity contribution >= 4 is 66.3 Å². The molecular weight excluding hydrogens is 584 g/mol. The predicted octanol–water partition coefficient (Wildman–Crippen LogP) is 5.03. The van der Waals surface area contributed by atoms with Crippen molar-refractivity contribution in [3.05, 3.63) is 77.4 Å². The van der Waals surface area contributed by atoms with Gasteiger partial charge in [-0.3, -0.25) is 24.2 Å². The van der Waals surface area contributed by atoms with Crippen LogP contribution in [0.15, 0.2) is 60.7 Å². The van der Waals surface area contributed by atoms with Crippen molar-refractivity contribution < 1.29 is 14.4 Å². The van der Waals surface area contributed by atoms with E-state index in [-0.39, 0.29) is 29.3 Å². The molecule has 3 aliphatic rings. The molecule has 184 valence electrons. The maximum absolute atomic E-state index is 13.6. The second-order valence-electron chi connectivity index (χ2n) is 10.0. The second-order valence-corrected chi connectivity index (χ2v) is 12.1. The number of carbonyl (C=O) groups is 3. The highest BCUT2D eigenvalue weighted by Gasteiger charge is 2.44. The second kappa shape index (κ2) is 9.19. The van der Waals surface area contributed by atoms with Gasteiger partial charge in [0.25, 0.3) is 11.8 Å². The van der Waals surface area contributed by atoms with Crippen molar-refractivity contribution in [2.75, 3.05) is 18.0 Å². The molecule has 2 atom stereocenters. The van der Waals surface area contributed by atoms with Crippen LogP contribution in [0.4, 0.5) is 5.69 Å². The molecule has 6 rings (SSSR count). The highest BCUT2D eigenvalue weighted by Crippen LogP contribution is 2.48. The zero-order valence-corrected chi connectivity index (χ0v) is 23.1. The largest absolute Gasteiger partial charge is 0.299 e. The van der Waals surface area contributed by atoms with E-state index in [0.29, 0.717) is 12.0 Å². The molecule has 2 fully saturated rings. The highest BCUT2D eigenvalue weighted by atomic mass is 127. The van der Waals surface area contributed by atoms with E-state index in [9.17, 15) is 14.4 Å². The zero-order valence-electron chi connectivity index (χ0n) is 19.8. The van der Waals surface area contributed by atoms with Gasteiger partial charge in [-0.2, -0.15) is 0 Å². The van der Waals surface area contributed by atoms with E-state index in [0.717, 1.165) is 52.0 Å². The van der Waals surface area contributed by atoms with Gasteiger partial charge in [-0.25, -0.2) is 3.11 Å². The molecule has 3 aromatic carbocycles. The first-order valence-electron chi connectivity index (χ1n) is 12.3. The van der Waals surface area contributed by atoms with Crippen molar-refractivity contribution in [3.8, 4) is 0 Å². The molecule has 8 heteroatoms. The SMILES string of the molecule is O=C1CCC(N2C(=O)c3ccc(C4(P)CCN(Cc5ccccc5)CC4)c4cccc2c34)C(=O)N1I. The Hall–Kier alpha value is -2.35. The number of rotatable bonds is 4. The minimum atomic E-state index is -0.653. The average Bonchev–Trinajstić information content (AvgIpc) is 3.18. The van der Waals surface area contributed by atoms with Crippen LogP contribution in [0, 0.1) is 0 Å². The lowest BCUT2D eigenvalue weighted by Crippen LogP contribution is -2.52. The van der Waals surface area contributed by atoms with Gasteiger partial charge in [0.05, 0.1) is 28.6 Å². The number of likely N-dealkylation sites (tertiary alicyclic amines) is 1. The van der Waals surface area contributed by atoms with Gasteiger partial charge in [0.2, 0.25) is 5.91 Å². The van der Waals surface area contributed by atoms with Crippen molar-refractivity contribution in [3.63, 3.8) is 0 Å². The molecule has 2 saturated heterocycles. The lowest BCUT2D eigenvalue weighted by molar-refractivity contribution is -0.140. The van der Waals surface area contributed by atoms with Gasteiger partial charge in [0.1, 0.15) is 6.04 Å². The number of piperidine rings is 2. The smallest absolute Gasteiger partial charge is 0.261 e.